The molecule has 5 nitrogen and oxygen atoms in total. The number of aliphatic carboxylic acids is 1. The van der Waals surface area contributed by atoms with Crippen molar-refractivity contribution in [1.29, 1.82) is 0 Å². The summed E-state index contributed by atoms with van der Waals surface area (Å²) in [5, 5.41) is 14.2. The molecule has 0 aliphatic carbocycles. The smallest absolute Gasteiger partial charge is 0.323 e. The highest BCUT2D eigenvalue weighted by Gasteiger charge is 2.34. The van der Waals surface area contributed by atoms with Gasteiger partial charge >= 0.3 is 5.97 Å². The summed E-state index contributed by atoms with van der Waals surface area (Å²) in [4.78, 5) is 23.0. The lowest BCUT2D eigenvalue weighted by atomic mass is 9.93. The van der Waals surface area contributed by atoms with Crippen LogP contribution in [-0.4, -0.2) is 29.1 Å². The third-order valence-corrected chi connectivity index (χ3v) is 3.35. The molecule has 1 aromatic carbocycles. The molecule has 0 aromatic heterocycles. The molecule has 0 saturated carbocycles. The van der Waals surface area contributed by atoms with Gasteiger partial charge in [-0.15, -0.1) is 0 Å². The van der Waals surface area contributed by atoms with Crippen LogP contribution in [0.25, 0.3) is 0 Å². The number of carbonyl (C=O) groups is 2. The van der Waals surface area contributed by atoms with Gasteiger partial charge in [0.1, 0.15) is 17.2 Å². The molecule has 0 spiro atoms. The minimum Gasteiger partial charge on any atom is -0.480 e. The van der Waals surface area contributed by atoms with Crippen LogP contribution in [0.4, 0.5) is 14.5 Å². The summed E-state index contributed by atoms with van der Waals surface area (Å²) in [6, 6.07) is 2.65. The van der Waals surface area contributed by atoms with Gasteiger partial charge in [0, 0.05) is 11.8 Å². The first-order valence-electron chi connectivity index (χ1n) is 6.57. The summed E-state index contributed by atoms with van der Waals surface area (Å²) in [6.45, 7) is 3.13. The Hall–Kier alpha value is -2.02. The highest BCUT2D eigenvalue weighted by molar-refractivity contribution is 5.92. The summed E-state index contributed by atoms with van der Waals surface area (Å²) in [5.41, 5.74) is -1.21. The van der Waals surface area contributed by atoms with E-state index in [4.69, 9.17) is 0 Å². The Balaban J connectivity index is 2.67. The number of anilines is 1. The number of carboxylic acids is 1. The topological polar surface area (TPSA) is 78.4 Å². The van der Waals surface area contributed by atoms with Gasteiger partial charge in [0.25, 0.3) is 0 Å². The summed E-state index contributed by atoms with van der Waals surface area (Å²) in [6.07, 6.45) is 0.613. The van der Waals surface area contributed by atoms with E-state index in [0.717, 1.165) is 12.1 Å². The van der Waals surface area contributed by atoms with Crippen molar-refractivity contribution >= 4 is 17.6 Å². The van der Waals surface area contributed by atoms with Crippen LogP contribution in [0.3, 0.4) is 0 Å². The number of hydrogen-bond donors (Lipinski definition) is 3. The van der Waals surface area contributed by atoms with Crippen LogP contribution in [-0.2, 0) is 9.59 Å². The van der Waals surface area contributed by atoms with Gasteiger partial charge in [-0.2, -0.15) is 0 Å². The van der Waals surface area contributed by atoms with Crippen molar-refractivity contribution in [3.63, 3.8) is 0 Å². The zero-order chi connectivity index (χ0) is 16.0. The Labute approximate surface area is 121 Å². The Morgan fingerprint density at radius 2 is 1.67 bits per heavy atom. The Morgan fingerprint density at radius 3 is 2.10 bits per heavy atom. The van der Waals surface area contributed by atoms with Crippen LogP contribution in [0.2, 0.25) is 0 Å². The summed E-state index contributed by atoms with van der Waals surface area (Å²) >= 11 is 0. The van der Waals surface area contributed by atoms with Crippen molar-refractivity contribution in [3.8, 4) is 0 Å². The molecule has 0 bridgehead atoms. The Bertz CT molecular complexity index is 511. The third-order valence-electron chi connectivity index (χ3n) is 3.35. The maximum Gasteiger partial charge on any atom is 0.323 e. The lowest BCUT2D eigenvalue weighted by Crippen LogP contribution is -2.53. The molecule has 0 atom stereocenters. The van der Waals surface area contributed by atoms with Gasteiger partial charge in [-0.25, -0.2) is 8.78 Å². The molecular formula is C14H18F2N2O3. The van der Waals surface area contributed by atoms with Crippen molar-refractivity contribution in [2.24, 2.45) is 0 Å². The fraction of sp³-hybridized carbons (Fsp3) is 0.429. The molecule has 0 radical (unpaired) electrons. The van der Waals surface area contributed by atoms with Crippen molar-refractivity contribution in [2.45, 2.75) is 32.2 Å². The number of benzene rings is 1. The summed E-state index contributed by atoms with van der Waals surface area (Å²) in [7, 11) is 0. The largest absolute Gasteiger partial charge is 0.480 e. The average Bonchev–Trinajstić information content (AvgIpc) is 2.38. The molecule has 1 rings (SSSR count). The fourth-order valence-corrected chi connectivity index (χ4v) is 1.96. The lowest BCUT2D eigenvalue weighted by molar-refractivity contribution is -0.145. The van der Waals surface area contributed by atoms with E-state index >= 15 is 0 Å². The zero-order valence-electron chi connectivity index (χ0n) is 11.9. The molecule has 3 N–H and O–H groups in total. The monoisotopic (exact) mass is 300 g/mol. The van der Waals surface area contributed by atoms with Crippen molar-refractivity contribution < 1.29 is 23.5 Å². The van der Waals surface area contributed by atoms with Gasteiger partial charge in [-0.05, 0) is 25.0 Å². The van der Waals surface area contributed by atoms with Gasteiger partial charge in [0.05, 0.1) is 6.54 Å². The maximum atomic E-state index is 13.0. The van der Waals surface area contributed by atoms with Crippen LogP contribution in [0.5, 0.6) is 0 Å². The van der Waals surface area contributed by atoms with E-state index < -0.39 is 29.0 Å². The van der Waals surface area contributed by atoms with Crippen LogP contribution >= 0.6 is 0 Å². The first kappa shape index (κ1) is 17.0. The van der Waals surface area contributed by atoms with Crippen LogP contribution in [0.1, 0.15) is 26.7 Å². The SMILES string of the molecule is CCC(CC)(NCC(=O)Nc1cc(F)cc(F)c1)C(=O)O. The van der Waals surface area contributed by atoms with E-state index in [9.17, 15) is 23.5 Å². The predicted molar refractivity (Wildman–Crippen MR) is 73.9 cm³/mol. The Kier molecular flexibility index (Phi) is 5.78. The molecule has 1 aromatic rings. The maximum absolute atomic E-state index is 13.0. The van der Waals surface area contributed by atoms with E-state index in [-0.39, 0.29) is 12.2 Å². The van der Waals surface area contributed by atoms with Gasteiger partial charge in [-0.1, -0.05) is 13.8 Å². The summed E-state index contributed by atoms with van der Waals surface area (Å²) < 4.78 is 26.0. The molecule has 0 fully saturated rings. The number of carboxylic acid groups (broad SMARTS) is 1. The first-order valence-corrected chi connectivity index (χ1v) is 6.57. The van der Waals surface area contributed by atoms with Gasteiger partial charge in [-0.3, -0.25) is 14.9 Å². The van der Waals surface area contributed by atoms with E-state index in [1.54, 1.807) is 13.8 Å². The number of nitrogens with one attached hydrogen (secondary N) is 2. The average molecular weight is 300 g/mol. The predicted octanol–water partition coefficient (Wildman–Crippen LogP) is 2.14. The first-order chi connectivity index (χ1) is 9.82. The van der Waals surface area contributed by atoms with Crippen LogP contribution in [0, 0.1) is 11.6 Å². The van der Waals surface area contributed by atoms with Crippen LogP contribution < -0.4 is 10.6 Å². The minimum atomic E-state index is -1.19. The van der Waals surface area contributed by atoms with Gasteiger partial charge < -0.3 is 10.4 Å². The second kappa shape index (κ2) is 7.12. The zero-order valence-corrected chi connectivity index (χ0v) is 11.9. The van der Waals surface area contributed by atoms with E-state index in [0.29, 0.717) is 18.9 Å². The molecule has 116 valence electrons. The van der Waals surface area contributed by atoms with Gasteiger partial charge in [0.2, 0.25) is 5.91 Å². The second-order valence-corrected chi connectivity index (χ2v) is 4.65. The van der Waals surface area contributed by atoms with E-state index in [1.807, 2.05) is 0 Å². The molecule has 1 amide bonds. The highest BCUT2D eigenvalue weighted by Crippen LogP contribution is 2.16. The highest BCUT2D eigenvalue weighted by atomic mass is 19.1. The molecule has 0 heterocycles. The van der Waals surface area contributed by atoms with Crippen molar-refractivity contribution in [2.75, 3.05) is 11.9 Å². The molecule has 0 aliphatic heterocycles. The quantitative estimate of drug-likeness (QED) is 0.721. The Morgan fingerprint density at radius 1 is 1.14 bits per heavy atom. The molecule has 0 saturated heterocycles. The molecule has 21 heavy (non-hydrogen) atoms. The summed E-state index contributed by atoms with van der Waals surface area (Å²) in [5.74, 6) is -3.23. The number of amides is 1. The fourth-order valence-electron chi connectivity index (χ4n) is 1.96. The molecule has 0 unspecified atom stereocenters. The third kappa shape index (κ3) is 4.49. The number of carbonyl (C=O) groups excluding carboxylic acids is 1. The molecular weight excluding hydrogens is 282 g/mol. The number of hydrogen-bond acceptors (Lipinski definition) is 3. The van der Waals surface area contributed by atoms with E-state index in [1.165, 1.54) is 0 Å². The van der Waals surface area contributed by atoms with Crippen LogP contribution in [0.15, 0.2) is 18.2 Å². The standard InChI is InChI=1S/C14H18F2N2O3/c1-3-14(4-2,13(20)21)17-8-12(19)18-11-6-9(15)5-10(16)7-11/h5-7,17H,3-4,8H2,1-2H3,(H,18,19)(H,20,21). The minimum absolute atomic E-state index is 0.0202. The number of halogens is 2. The number of rotatable bonds is 7. The van der Waals surface area contributed by atoms with Crippen molar-refractivity contribution in [1.82, 2.24) is 5.32 Å². The van der Waals surface area contributed by atoms with E-state index in [2.05, 4.69) is 10.6 Å². The second-order valence-electron chi connectivity index (χ2n) is 4.65. The lowest BCUT2D eigenvalue weighted by Gasteiger charge is -2.27. The molecule has 7 heteroatoms. The normalized spacial score (nSPS) is 11.2. The van der Waals surface area contributed by atoms with Crippen molar-refractivity contribution in [3.05, 3.63) is 29.8 Å². The van der Waals surface area contributed by atoms with Gasteiger partial charge in [0.15, 0.2) is 0 Å². The molecule has 0 aliphatic rings.